The van der Waals surface area contributed by atoms with Crippen molar-refractivity contribution in [3.05, 3.63) is 35.9 Å². The molecule has 0 radical (unpaired) electrons. The lowest BCUT2D eigenvalue weighted by Gasteiger charge is -2.34. The SMILES string of the molecule is CNC1CCCN(Cc2cc3ccccc3nc2N2CCCCC2)C1.Cl. The minimum atomic E-state index is 0. The van der Waals surface area contributed by atoms with Gasteiger partial charge in [0, 0.05) is 43.2 Å². The molecule has 1 aromatic carbocycles. The molecule has 0 bridgehead atoms. The number of fused-ring (bicyclic) bond motifs is 1. The van der Waals surface area contributed by atoms with Crippen LogP contribution < -0.4 is 10.2 Å². The predicted octanol–water partition coefficient (Wildman–Crippen LogP) is 3.83. The van der Waals surface area contributed by atoms with E-state index in [2.05, 4.69) is 52.5 Å². The number of hydrogen-bond donors (Lipinski definition) is 1. The van der Waals surface area contributed by atoms with Gasteiger partial charge in [-0.1, -0.05) is 18.2 Å². The van der Waals surface area contributed by atoms with Crippen LogP contribution in [0.15, 0.2) is 30.3 Å². The first kappa shape index (κ1) is 19.4. The minimum absolute atomic E-state index is 0. The van der Waals surface area contributed by atoms with Crippen molar-refractivity contribution in [1.82, 2.24) is 15.2 Å². The first-order valence-corrected chi connectivity index (χ1v) is 9.87. The molecule has 1 aromatic heterocycles. The molecule has 1 atom stereocenters. The zero-order valence-corrected chi connectivity index (χ0v) is 16.6. The van der Waals surface area contributed by atoms with Crippen LogP contribution >= 0.6 is 12.4 Å². The number of benzene rings is 1. The van der Waals surface area contributed by atoms with Gasteiger partial charge >= 0.3 is 0 Å². The van der Waals surface area contributed by atoms with Crippen LogP contribution in [0.5, 0.6) is 0 Å². The highest BCUT2D eigenvalue weighted by atomic mass is 35.5. The van der Waals surface area contributed by atoms with E-state index in [9.17, 15) is 0 Å². The van der Waals surface area contributed by atoms with E-state index in [1.807, 2.05) is 0 Å². The van der Waals surface area contributed by atoms with Crippen molar-refractivity contribution < 1.29 is 0 Å². The standard InChI is InChI=1S/C21H30N4.ClH/c1-22-19-9-7-11-24(16-19)15-18-14-17-8-3-4-10-20(17)23-21(18)25-12-5-2-6-13-25;/h3-4,8,10,14,19,22H,2,5-7,9,11-13,15-16H2,1H3;1H. The third kappa shape index (κ3) is 4.30. The van der Waals surface area contributed by atoms with E-state index in [0.29, 0.717) is 6.04 Å². The number of nitrogens with one attached hydrogen (secondary N) is 1. The second kappa shape index (κ2) is 9.03. The number of rotatable bonds is 4. The number of likely N-dealkylation sites (N-methyl/N-ethyl adjacent to an activating group) is 1. The zero-order chi connectivity index (χ0) is 17.1. The number of anilines is 1. The molecule has 4 nitrogen and oxygen atoms in total. The number of aromatic nitrogens is 1. The van der Waals surface area contributed by atoms with E-state index in [0.717, 1.165) is 31.7 Å². The van der Waals surface area contributed by atoms with Crippen LogP contribution in [0.4, 0.5) is 5.82 Å². The molecule has 2 fully saturated rings. The van der Waals surface area contributed by atoms with Gasteiger partial charge in [0.05, 0.1) is 5.52 Å². The van der Waals surface area contributed by atoms with E-state index in [-0.39, 0.29) is 12.4 Å². The van der Waals surface area contributed by atoms with Gasteiger partial charge in [0.25, 0.3) is 0 Å². The predicted molar refractivity (Wildman–Crippen MR) is 112 cm³/mol. The van der Waals surface area contributed by atoms with Gasteiger partial charge in [0.2, 0.25) is 0 Å². The normalized spacial score (nSPS) is 21.6. The van der Waals surface area contributed by atoms with Gasteiger partial charge < -0.3 is 10.2 Å². The lowest BCUT2D eigenvalue weighted by atomic mass is 10.0. The van der Waals surface area contributed by atoms with Crippen LogP contribution in [0.2, 0.25) is 0 Å². The molecule has 5 heteroatoms. The maximum absolute atomic E-state index is 5.09. The van der Waals surface area contributed by atoms with E-state index in [1.54, 1.807) is 0 Å². The molecule has 2 saturated heterocycles. The Morgan fingerprint density at radius 3 is 2.69 bits per heavy atom. The summed E-state index contributed by atoms with van der Waals surface area (Å²) in [5, 5.41) is 4.72. The molecule has 2 aliphatic rings. The summed E-state index contributed by atoms with van der Waals surface area (Å²) >= 11 is 0. The minimum Gasteiger partial charge on any atom is -0.356 e. The van der Waals surface area contributed by atoms with E-state index in [4.69, 9.17) is 4.98 Å². The Bertz CT molecular complexity index is 714. The van der Waals surface area contributed by atoms with Gasteiger partial charge in [-0.15, -0.1) is 12.4 Å². The number of halogens is 1. The van der Waals surface area contributed by atoms with E-state index >= 15 is 0 Å². The third-order valence-corrected chi connectivity index (χ3v) is 5.74. The summed E-state index contributed by atoms with van der Waals surface area (Å²) in [6, 6.07) is 11.6. The summed E-state index contributed by atoms with van der Waals surface area (Å²) in [4.78, 5) is 10.2. The van der Waals surface area contributed by atoms with Crippen molar-refractivity contribution in [2.45, 2.75) is 44.7 Å². The Kier molecular flexibility index (Phi) is 6.74. The lowest BCUT2D eigenvalue weighted by molar-refractivity contribution is 0.188. The Labute approximate surface area is 163 Å². The third-order valence-electron chi connectivity index (χ3n) is 5.74. The van der Waals surface area contributed by atoms with Crippen LogP contribution in [0.1, 0.15) is 37.7 Å². The van der Waals surface area contributed by atoms with Crippen molar-refractivity contribution in [2.24, 2.45) is 0 Å². The number of pyridine rings is 1. The van der Waals surface area contributed by atoms with E-state index < -0.39 is 0 Å². The largest absolute Gasteiger partial charge is 0.356 e. The highest BCUT2D eigenvalue weighted by molar-refractivity contribution is 5.85. The summed E-state index contributed by atoms with van der Waals surface area (Å²) in [7, 11) is 2.09. The Hall–Kier alpha value is -1.36. The van der Waals surface area contributed by atoms with Gasteiger partial charge in [-0.3, -0.25) is 4.90 Å². The first-order chi connectivity index (χ1) is 12.3. The monoisotopic (exact) mass is 374 g/mol. The van der Waals surface area contributed by atoms with Gasteiger partial charge in [-0.25, -0.2) is 4.98 Å². The smallest absolute Gasteiger partial charge is 0.133 e. The van der Waals surface area contributed by atoms with Crippen molar-refractivity contribution in [3.63, 3.8) is 0 Å². The molecule has 0 saturated carbocycles. The molecule has 1 unspecified atom stereocenters. The molecular weight excluding hydrogens is 344 g/mol. The van der Waals surface area contributed by atoms with Crippen LogP contribution in [-0.2, 0) is 6.54 Å². The Morgan fingerprint density at radius 2 is 1.88 bits per heavy atom. The number of para-hydroxylation sites is 1. The Morgan fingerprint density at radius 1 is 1.08 bits per heavy atom. The van der Waals surface area contributed by atoms with Crippen molar-refractivity contribution >= 4 is 29.1 Å². The number of nitrogens with zero attached hydrogens (tertiary/aromatic N) is 3. The highest BCUT2D eigenvalue weighted by Crippen LogP contribution is 2.28. The van der Waals surface area contributed by atoms with Gasteiger partial charge in [-0.05, 0) is 57.8 Å². The highest BCUT2D eigenvalue weighted by Gasteiger charge is 2.22. The van der Waals surface area contributed by atoms with Crippen LogP contribution in [-0.4, -0.2) is 49.2 Å². The second-order valence-corrected chi connectivity index (χ2v) is 7.57. The van der Waals surface area contributed by atoms with Crippen LogP contribution in [0.25, 0.3) is 10.9 Å². The van der Waals surface area contributed by atoms with E-state index in [1.165, 1.54) is 55.4 Å². The fourth-order valence-corrected chi connectivity index (χ4v) is 4.32. The molecule has 0 aliphatic carbocycles. The number of hydrogen-bond acceptors (Lipinski definition) is 4. The molecule has 4 rings (SSSR count). The average molecular weight is 375 g/mol. The topological polar surface area (TPSA) is 31.4 Å². The average Bonchev–Trinajstić information content (AvgIpc) is 2.68. The maximum Gasteiger partial charge on any atom is 0.133 e. The summed E-state index contributed by atoms with van der Waals surface area (Å²) in [5.74, 6) is 1.23. The molecule has 3 heterocycles. The fraction of sp³-hybridized carbons (Fsp3) is 0.571. The summed E-state index contributed by atoms with van der Waals surface area (Å²) in [6.45, 7) is 5.66. The number of piperidine rings is 2. The summed E-state index contributed by atoms with van der Waals surface area (Å²) in [6.07, 6.45) is 6.52. The molecule has 2 aliphatic heterocycles. The molecule has 1 N–H and O–H groups in total. The van der Waals surface area contributed by atoms with Crippen molar-refractivity contribution in [2.75, 3.05) is 38.1 Å². The number of likely N-dealkylation sites (tertiary alicyclic amines) is 1. The molecule has 2 aromatic rings. The van der Waals surface area contributed by atoms with Crippen molar-refractivity contribution in [3.8, 4) is 0 Å². The van der Waals surface area contributed by atoms with Crippen LogP contribution in [0, 0.1) is 0 Å². The van der Waals surface area contributed by atoms with Crippen LogP contribution in [0.3, 0.4) is 0 Å². The summed E-state index contributed by atoms with van der Waals surface area (Å²) < 4.78 is 0. The first-order valence-electron chi connectivity index (χ1n) is 9.87. The molecule has 142 valence electrons. The van der Waals surface area contributed by atoms with Gasteiger partial charge in [0.1, 0.15) is 5.82 Å². The fourth-order valence-electron chi connectivity index (χ4n) is 4.32. The molecule has 0 spiro atoms. The molecule has 0 amide bonds. The molecular formula is C21H31ClN4. The summed E-state index contributed by atoms with van der Waals surface area (Å²) in [5.41, 5.74) is 2.52. The Balaban J connectivity index is 0.00000196. The van der Waals surface area contributed by atoms with Crippen molar-refractivity contribution in [1.29, 1.82) is 0 Å². The van der Waals surface area contributed by atoms with Gasteiger partial charge in [0.15, 0.2) is 0 Å². The maximum atomic E-state index is 5.09. The zero-order valence-electron chi connectivity index (χ0n) is 15.8. The van der Waals surface area contributed by atoms with Gasteiger partial charge in [-0.2, -0.15) is 0 Å². The quantitative estimate of drug-likeness (QED) is 0.881. The molecule has 26 heavy (non-hydrogen) atoms. The second-order valence-electron chi connectivity index (χ2n) is 7.57. The lowest BCUT2D eigenvalue weighted by Crippen LogP contribution is -2.44.